The third-order valence-corrected chi connectivity index (χ3v) is 7.69. The lowest BCUT2D eigenvalue weighted by Crippen LogP contribution is -2.16. The van der Waals surface area contributed by atoms with Crippen molar-refractivity contribution in [2.45, 2.75) is 31.4 Å². The molecule has 0 unspecified atom stereocenters. The minimum absolute atomic E-state index is 0.0131. The van der Waals surface area contributed by atoms with Crippen molar-refractivity contribution in [1.29, 1.82) is 0 Å². The molecule has 0 saturated heterocycles. The number of nitrogens with one attached hydrogen (secondary N) is 3. The molecule has 40 heavy (non-hydrogen) atoms. The van der Waals surface area contributed by atoms with E-state index in [0.717, 1.165) is 17.6 Å². The molecular formula is C25H25F2N9O3S. The number of aromatic nitrogens is 7. The van der Waals surface area contributed by atoms with Gasteiger partial charge < -0.3 is 20.4 Å². The predicted octanol–water partition coefficient (Wildman–Crippen LogP) is 4.22. The maximum absolute atomic E-state index is 13.5. The van der Waals surface area contributed by atoms with E-state index in [0.29, 0.717) is 36.8 Å². The maximum atomic E-state index is 13.5. The first kappa shape index (κ1) is 25.9. The van der Waals surface area contributed by atoms with Crippen LogP contribution < -0.4 is 10.6 Å². The Bertz CT molecular complexity index is 1820. The number of hydrogen-bond donors (Lipinski definition) is 3. The number of pyridine rings is 1. The second-order valence-electron chi connectivity index (χ2n) is 9.50. The summed E-state index contributed by atoms with van der Waals surface area (Å²) in [6, 6.07) is 10.1. The number of rotatable bonds is 7. The van der Waals surface area contributed by atoms with Gasteiger partial charge in [0.05, 0.1) is 47.4 Å². The Labute approximate surface area is 227 Å². The Morgan fingerprint density at radius 3 is 2.58 bits per heavy atom. The number of halogens is 2. The first-order valence-electron chi connectivity index (χ1n) is 12.3. The lowest BCUT2D eigenvalue weighted by Gasteiger charge is -2.14. The van der Waals surface area contributed by atoms with Crippen LogP contribution in [-0.2, 0) is 34.8 Å². The zero-order valence-corrected chi connectivity index (χ0v) is 22.6. The molecule has 6 rings (SSSR count). The second-order valence-corrected chi connectivity index (χ2v) is 11.5. The van der Waals surface area contributed by atoms with Crippen LogP contribution in [0.2, 0.25) is 0 Å². The van der Waals surface area contributed by atoms with Crippen molar-refractivity contribution >= 4 is 44.0 Å². The van der Waals surface area contributed by atoms with Crippen LogP contribution in [0.3, 0.4) is 0 Å². The fraction of sp³-hybridized carbons (Fsp3) is 0.280. The van der Waals surface area contributed by atoms with Crippen molar-refractivity contribution in [2.24, 2.45) is 7.05 Å². The summed E-state index contributed by atoms with van der Waals surface area (Å²) >= 11 is 0. The maximum Gasteiger partial charge on any atom is 0.295 e. The normalized spacial score (nSPS) is 13.7. The standard InChI is InChI=1S/C25H25F2N9O3S/c1-13-8-17(33-35(13)2)14-4-5-16(19(9-14)40(3,37)38)28-18-11-20(30-24-22(18)31-25(32-24)23(26)27)29-21-10-15-12-39-7-6-36(15)34-21/h4-5,8-11,23H,6-7,12H2,1-3H3,(H3,28,29,30,31,32,34). The quantitative estimate of drug-likeness (QED) is 0.262. The lowest BCUT2D eigenvalue weighted by atomic mass is 10.1. The number of aryl methyl sites for hydroxylation is 2. The number of sulfone groups is 1. The third-order valence-electron chi connectivity index (χ3n) is 6.55. The summed E-state index contributed by atoms with van der Waals surface area (Å²) in [5, 5.41) is 15.1. The number of alkyl halides is 2. The number of nitrogens with zero attached hydrogens (tertiary/aromatic N) is 6. The highest BCUT2D eigenvalue weighted by molar-refractivity contribution is 7.90. The summed E-state index contributed by atoms with van der Waals surface area (Å²) in [6.45, 7) is 3.48. The number of imidazole rings is 1. The van der Waals surface area contributed by atoms with E-state index in [4.69, 9.17) is 4.74 Å². The minimum atomic E-state index is -3.71. The van der Waals surface area contributed by atoms with Crippen LogP contribution in [0.4, 0.5) is 31.8 Å². The van der Waals surface area contributed by atoms with Gasteiger partial charge in [-0.2, -0.15) is 10.2 Å². The van der Waals surface area contributed by atoms with Gasteiger partial charge in [0.2, 0.25) is 0 Å². The van der Waals surface area contributed by atoms with E-state index < -0.39 is 22.1 Å². The summed E-state index contributed by atoms with van der Waals surface area (Å²) in [5.74, 6) is 0.234. The molecule has 1 aliphatic rings. The van der Waals surface area contributed by atoms with Gasteiger partial charge in [0, 0.05) is 36.7 Å². The zero-order valence-electron chi connectivity index (χ0n) is 21.7. The van der Waals surface area contributed by atoms with Gasteiger partial charge >= 0.3 is 0 Å². The highest BCUT2D eigenvalue weighted by Crippen LogP contribution is 2.34. The fourth-order valence-electron chi connectivity index (χ4n) is 4.49. The zero-order chi connectivity index (χ0) is 28.2. The molecule has 1 aliphatic heterocycles. The topological polar surface area (TPSA) is 145 Å². The van der Waals surface area contributed by atoms with Gasteiger partial charge in [-0.3, -0.25) is 9.36 Å². The highest BCUT2D eigenvalue weighted by atomic mass is 32.2. The number of H-pyrrole nitrogens is 1. The molecule has 208 valence electrons. The van der Waals surface area contributed by atoms with Gasteiger partial charge in [0.15, 0.2) is 27.1 Å². The van der Waals surface area contributed by atoms with Gasteiger partial charge in [0.1, 0.15) is 11.3 Å². The average molecular weight is 570 g/mol. The van der Waals surface area contributed by atoms with Crippen LogP contribution in [0.25, 0.3) is 22.4 Å². The van der Waals surface area contributed by atoms with Crippen LogP contribution in [0, 0.1) is 6.92 Å². The Morgan fingerprint density at radius 2 is 1.88 bits per heavy atom. The van der Waals surface area contributed by atoms with Crippen LogP contribution >= 0.6 is 0 Å². The van der Waals surface area contributed by atoms with Gasteiger partial charge in [-0.1, -0.05) is 6.07 Å². The molecule has 0 bridgehead atoms. The lowest BCUT2D eigenvalue weighted by molar-refractivity contribution is 0.0801. The number of benzene rings is 1. The van der Waals surface area contributed by atoms with Crippen LogP contribution in [-0.4, -0.2) is 55.8 Å². The van der Waals surface area contributed by atoms with E-state index in [9.17, 15) is 17.2 Å². The summed E-state index contributed by atoms with van der Waals surface area (Å²) < 4.78 is 61.7. The van der Waals surface area contributed by atoms with E-state index in [1.165, 1.54) is 6.07 Å². The molecule has 3 N–H and O–H groups in total. The van der Waals surface area contributed by atoms with Crippen molar-refractivity contribution in [1.82, 2.24) is 34.5 Å². The Kier molecular flexibility index (Phi) is 6.26. The number of ether oxygens (including phenoxy) is 1. The summed E-state index contributed by atoms with van der Waals surface area (Å²) in [7, 11) is -1.91. The molecular weight excluding hydrogens is 544 g/mol. The summed E-state index contributed by atoms with van der Waals surface area (Å²) in [6.07, 6.45) is -1.75. The molecule has 5 heterocycles. The minimum Gasteiger partial charge on any atom is -0.373 e. The van der Waals surface area contributed by atoms with E-state index in [1.54, 1.807) is 29.9 Å². The van der Waals surface area contributed by atoms with E-state index in [1.807, 2.05) is 23.7 Å². The average Bonchev–Trinajstić information content (AvgIpc) is 3.60. The highest BCUT2D eigenvalue weighted by Gasteiger charge is 2.21. The molecule has 0 aliphatic carbocycles. The van der Waals surface area contributed by atoms with Crippen LogP contribution in [0.15, 0.2) is 41.3 Å². The Hall–Kier alpha value is -4.37. The van der Waals surface area contributed by atoms with E-state index >= 15 is 0 Å². The molecule has 5 aromatic rings. The summed E-state index contributed by atoms with van der Waals surface area (Å²) in [4.78, 5) is 11.0. The first-order chi connectivity index (χ1) is 19.0. The van der Waals surface area contributed by atoms with E-state index in [-0.39, 0.29) is 33.3 Å². The third kappa shape index (κ3) is 4.88. The Morgan fingerprint density at radius 1 is 1.05 bits per heavy atom. The number of aromatic amines is 1. The number of hydrogen-bond acceptors (Lipinski definition) is 9. The largest absolute Gasteiger partial charge is 0.373 e. The van der Waals surface area contributed by atoms with E-state index in [2.05, 4.69) is 35.8 Å². The smallest absolute Gasteiger partial charge is 0.295 e. The van der Waals surface area contributed by atoms with Crippen molar-refractivity contribution in [2.75, 3.05) is 23.5 Å². The SMILES string of the molecule is Cc1cc(-c2ccc(Nc3cc(Nc4cc5n(n4)CCOC5)nc4[nH]c(C(F)F)nc34)c(S(C)(=O)=O)c2)nn1C. The second kappa shape index (κ2) is 9.67. The Balaban J connectivity index is 1.42. The molecule has 0 atom stereocenters. The number of fused-ring (bicyclic) bond motifs is 2. The molecule has 0 saturated carbocycles. The molecule has 0 spiro atoms. The number of anilines is 4. The van der Waals surface area contributed by atoms with Crippen molar-refractivity contribution in [3.63, 3.8) is 0 Å². The van der Waals surface area contributed by atoms with Crippen molar-refractivity contribution in [3.8, 4) is 11.3 Å². The van der Waals surface area contributed by atoms with Gasteiger partial charge in [0.25, 0.3) is 6.43 Å². The van der Waals surface area contributed by atoms with Gasteiger partial charge in [-0.05, 0) is 25.1 Å². The van der Waals surface area contributed by atoms with Gasteiger partial charge in [-0.25, -0.2) is 27.2 Å². The molecule has 0 amide bonds. The molecule has 0 radical (unpaired) electrons. The predicted molar refractivity (Wildman–Crippen MR) is 144 cm³/mol. The van der Waals surface area contributed by atoms with Gasteiger partial charge in [-0.15, -0.1) is 0 Å². The van der Waals surface area contributed by atoms with Crippen molar-refractivity contribution < 1.29 is 21.9 Å². The monoisotopic (exact) mass is 569 g/mol. The summed E-state index contributed by atoms with van der Waals surface area (Å²) in [5.41, 5.74) is 3.77. The molecule has 12 nitrogen and oxygen atoms in total. The molecule has 4 aromatic heterocycles. The molecule has 15 heteroatoms. The fourth-order valence-corrected chi connectivity index (χ4v) is 5.35. The molecule has 1 aromatic carbocycles. The molecule has 0 fully saturated rings. The van der Waals surface area contributed by atoms with Crippen LogP contribution in [0.5, 0.6) is 0 Å². The van der Waals surface area contributed by atoms with Crippen LogP contribution in [0.1, 0.15) is 23.6 Å². The van der Waals surface area contributed by atoms with Crippen molar-refractivity contribution in [3.05, 3.63) is 53.6 Å². The first-order valence-corrected chi connectivity index (χ1v) is 14.2.